The summed E-state index contributed by atoms with van der Waals surface area (Å²) in [7, 11) is -3.31. The Morgan fingerprint density at radius 1 is 1.25 bits per heavy atom. The van der Waals surface area contributed by atoms with Crippen molar-refractivity contribution in [2.75, 3.05) is 12.4 Å². The van der Waals surface area contributed by atoms with Gasteiger partial charge in [0.15, 0.2) is 9.84 Å². The van der Waals surface area contributed by atoms with E-state index in [0.717, 1.165) is 6.07 Å². The van der Waals surface area contributed by atoms with Crippen molar-refractivity contribution in [2.24, 2.45) is 0 Å². The molecule has 20 heavy (non-hydrogen) atoms. The summed E-state index contributed by atoms with van der Waals surface area (Å²) in [6.07, 6.45) is 0. The van der Waals surface area contributed by atoms with E-state index in [0.29, 0.717) is 12.1 Å². The van der Waals surface area contributed by atoms with Gasteiger partial charge < -0.3 is 17.7 Å². The lowest BCUT2D eigenvalue weighted by Crippen LogP contribution is -2.36. The normalized spacial score (nSPS) is 12.8. The maximum atomic E-state index is 13.2. The SMILES string of the molecule is CC(C)S(=O)(=O)CCOc1ccc([B-](F)(F)F)c(F)c1. The van der Waals surface area contributed by atoms with Crippen LogP contribution in [0.1, 0.15) is 13.8 Å². The molecule has 0 saturated heterocycles. The average molecular weight is 313 g/mol. The standard InChI is InChI=1S/C11H14BF4O3S/c1-8(2)20(17,18)6-5-19-9-3-4-10(11(13)7-9)12(14,15)16/h3-4,7-8H,5-6H2,1-2H3/q-1. The second kappa shape index (κ2) is 6.03. The van der Waals surface area contributed by atoms with Crippen LogP contribution in [0, 0.1) is 5.82 Å². The van der Waals surface area contributed by atoms with Crippen molar-refractivity contribution in [3.05, 3.63) is 24.0 Å². The van der Waals surface area contributed by atoms with Crippen LogP contribution in [0.5, 0.6) is 5.75 Å². The minimum absolute atomic E-state index is 0.134. The highest BCUT2D eigenvalue weighted by Gasteiger charge is 2.29. The zero-order chi connectivity index (χ0) is 15.6. The lowest BCUT2D eigenvalue weighted by Gasteiger charge is -2.16. The Labute approximate surface area is 114 Å². The summed E-state index contributed by atoms with van der Waals surface area (Å²) in [5, 5.41) is -0.571. The van der Waals surface area contributed by atoms with Crippen LogP contribution in [-0.2, 0) is 9.84 Å². The van der Waals surface area contributed by atoms with Gasteiger partial charge in [-0.25, -0.2) is 12.8 Å². The van der Waals surface area contributed by atoms with Crippen molar-refractivity contribution < 1.29 is 30.5 Å². The molecule has 0 heterocycles. The van der Waals surface area contributed by atoms with E-state index in [9.17, 15) is 25.8 Å². The van der Waals surface area contributed by atoms with Gasteiger partial charge in [0, 0.05) is 6.07 Å². The summed E-state index contributed by atoms with van der Waals surface area (Å²) in [4.78, 5) is 0. The fourth-order valence-electron chi connectivity index (χ4n) is 1.37. The van der Waals surface area contributed by atoms with Gasteiger partial charge in [-0.1, -0.05) is 11.5 Å². The molecular weight excluding hydrogens is 299 g/mol. The average Bonchev–Trinajstić information content (AvgIpc) is 2.26. The third kappa shape index (κ3) is 4.40. The smallest absolute Gasteiger partial charge is 0.492 e. The van der Waals surface area contributed by atoms with Crippen molar-refractivity contribution in [1.82, 2.24) is 0 Å². The first-order valence-electron chi connectivity index (χ1n) is 5.88. The minimum Gasteiger partial charge on any atom is -0.492 e. The molecule has 0 radical (unpaired) electrons. The molecule has 0 fully saturated rings. The van der Waals surface area contributed by atoms with Crippen molar-refractivity contribution in [3.63, 3.8) is 0 Å². The van der Waals surface area contributed by atoms with Crippen LogP contribution in [0.3, 0.4) is 0 Å². The first-order chi connectivity index (χ1) is 9.04. The summed E-state index contributed by atoms with van der Waals surface area (Å²) in [6, 6.07) is 2.16. The maximum Gasteiger partial charge on any atom is 0.512 e. The number of sulfone groups is 1. The van der Waals surface area contributed by atoms with Gasteiger partial charge in [0.25, 0.3) is 0 Å². The van der Waals surface area contributed by atoms with Gasteiger partial charge in [0.1, 0.15) is 12.4 Å². The van der Waals surface area contributed by atoms with E-state index < -0.39 is 33.3 Å². The number of hydrogen-bond donors (Lipinski definition) is 0. The Bertz CT molecular complexity index is 570. The van der Waals surface area contributed by atoms with Crippen molar-refractivity contribution in [2.45, 2.75) is 19.1 Å². The number of hydrogen-bond acceptors (Lipinski definition) is 3. The highest BCUT2D eigenvalue weighted by Crippen LogP contribution is 2.17. The number of rotatable bonds is 6. The number of benzene rings is 1. The van der Waals surface area contributed by atoms with Crippen LogP contribution in [0.25, 0.3) is 0 Å². The van der Waals surface area contributed by atoms with Crippen molar-refractivity contribution >= 4 is 22.3 Å². The molecule has 0 N–H and O–H groups in total. The van der Waals surface area contributed by atoms with Crippen LogP contribution in [0.4, 0.5) is 17.3 Å². The Morgan fingerprint density at radius 3 is 2.30 bits per heavy atom. The van der Waals surface area contributed by atoms with Crippen molar-refractivity contribution in [3.8, 4) is 5.75 Å². The molecule has 0 bridgehead atoms. The Balaban J connectivity index is 2.70. The second-order valence-corrected chi connectivity index (χ2v) is 7.20. The Hall–Kier alpha value is -1.25. The Morgan fingerprint density at radius 2 is 1.85 bits per heavy atom. The molecule has 0 saturated carbocycles. The molecule has 0 aliphatic carbocycles. The zero-order valence-electron chi connectivity index (χ0n) is 10.9. The summed E-state index contributed by atoms with van der Waals surface area (Å²) >= 11 is 0. The van der Waals surface area contributed by atoms with Crippen LogP contribution in [0.2, 0.25) is 0 Å². The lowest BCUT2D eigenvalue weighted by atomic mass is 9.80. The first-order valence-corrected chi connectivity index (χ1v) is 7.59. The highest BCUT2D eigenvalue weighted by molar-refractivity contribution is 7.91. The zero-order valence-corrected chi connectivity index (χ0v) is 11.8. The second-order valence-electron chi connectivity index (χ2n) is 4.52. The summed E-state index contributed by atoms with van der Waals surface area (Å²) in [5.74, 6) is -1.84. The summed E-state index contributed by atoms with van der Waals surface area (Å²) in [6.45, 7) is -2.64. The molecule has 3 nitrogen and oxygen atoms in total. The number of ether oxygens (including phenoxy) is 1. The van der Waals surface area contributed by atoms with Crippen LogP contribution < -0.4 is 10.2 Å². The van der Waals surface area contributed by atoms with E-state index >= 15 is 0 Å². The first kappa shape index (κ1) is 16.8. The summed E-state index contributed by atoms with van der Waals surface area (Å²) in [5.41, 5.74) is -1.33. The van der Waals surface area contributed by atoms with Crippen LogP contribution in [0.15, 0.2) is 18.2 Å². The molecule has 9 heteroatoms. The van der Waals surface area contributed by atoms with E-state index in [1.807, 2.05) is 0 Å². The molecule has 0 amide bonds. The predicted octanol–water partition coefficient (Wildman–Crippen LogP) is 2.08. The molecule has 1 rings (SSSR count). The fraction of sp³-hybridized carbons (Fsp3) is 0.455. The van der Waals surface area contributed by atoms with E-state index in [1.165, 1.54) is 13.8 Å². The molecule has 0 spiro atoms. The van der Waals surface area contributed by atoms with E-state index in [4.69, 9.17) is 4.74 Å². The Kier molecular flexibility index (Phi) is 5.07. The van der Waals surface area contributed by atoms with E-state index in [-0.39, 0.29) is 18.1 Å². The van der Waals surface area contributed by atoms with Gasteiger partial charge in [0.05, 0.1) is 16.8 Å². The molecule has 0 aliphatic heterocycles. The molecule has 1 aromatic rings. The van der Waals surface area contributed by atoms with Gasteiger partial charge in [-0.05, 0) is 19.9 Å². The third-order valence-electron chi connectivity index (χ3n) is 2.68. The van der Waals surface area contributed by atoms with Crippen LogP contribution in [-0.4, -0.2) is 33.0 Å². The van der Waals surface area contributed by atoms with Gasteiger partial charge in [-0.15, -0.1) is 0 Å². The molecular formula is C11H14BF4O3S-. The quantitative estimate of drug-likeness (QED) is 0.596. The van der Waals surface area contributed by atoms with Crippen molar-refractivity contribution in [1.29, 1.82) is 0 Å². The largest absolute Gasteiger partial charge is 0.512 e. The van der Waals surface area contributed by atoms with Crippen LogP contribution >= 0.6 is 0 Å². The minimum atomic E-state index is -5.42. The monoisotopic (exact) mass is 313 g/mol. The summed E-state index contributed by atoms with van der Waals surface area (Å²) < 4.78 is 78.3. The number of halogens is 4. The molecule has 1 aromatic carbocycles. The van der Waals surface area contributed by atoms with Gasteiger partial charge in [0.2, 0.25) is 0 Å². The maximum absolute atomic E-state index is 13.2. The molecule has 114 valence electrons. The lowest BCUT2D eigenvalue weighted by molar-refractivity contribution is 0.338. The third-order valence-corrected chi connectivity index (χ3v) is 4.85. The molecule has 0 aliphatic rings. The molecule has 0 aromatic heterocycles. The topological polar surface area (TPSA) is 43.4 Å². The fourth-order valence-corrected chi connectivity index (χ4v) is 2.16. The van der Waals surface area contributed by atoms with Gasteiger partial charge in [-0.2, -0.15) is 0 Å². The van der Waals surface area contributed by atoms with Gasteiger partial charge in [-0.3, -0.25) is 0 Å². The highest BCUT2D eigenvalue weighted by atomic mass is 32.2. The molecule has 0 atom stereocenters. The van der Waals surface area contributed by atoms with Gasteiger partial charge >= 0.3 is 6.98 Å². The van der Waals surface area contributed by atoms with E-state index in [1.54, 1.807) is 0 Å². The predicted molar refractivity (Wildman–Crippen MR) is 69.5 cm³/mol. The molecule has 0 unspecified atom stereocenters. The van der Waals surface area contributed by atoms with E-state index in [2.05, 4.69) is 0 Å².